The summed E-state index contributed by atoms with van der Waals surface area (Å²) in [6, 6.07) is 0. The van der Waals surface area contributed by atoms with E-state index >= 15 is 0 Å². The van der Waals surface area contributed by atoms with Crippen molar-refractivity contribution >= 4 is 23.2 Å². The molecule has 0 radical (unpaired) electrons. The second-order valence-corrected chi connectivity index (χ2v) is 5.56. The minimum atomic E-state index is -1.06. The van der Waals surface area contributed by atoms with Crippen LogP contribution in [0.1, 0.15) is 5.69 Å². The Morgan fingerprint density at radius 2 is 2.00 bits per heavy atom. The molecule has 0 bridgehead atoms. The predicted octanol–water partition coefficient (Wildman–Crippen LogP) is -0.307. The van der Waals surface area contributed by atoms with Crippen LogP contribution in [0.3, 0.4) is 0 Å². The Morgan fingerprint density at radius 3 is 2.45 bits per heavy atom. The summed E-state index contributed by atoms with van der Waals surface area (Å²) in [6.45, 7) is 2.15. The monoisotopic (exact) mass is 301 g/mol. The summed E-state index contributed by atoms with van der Waals surface area (Å²) in [5, 5.41) is 10.5. The molecule has 112 valence electrons. The number of carboxylic acid groups (broad SMARTS) is 1. The third-order valence-electron chi connectivity index (χ3n) is 2.77. The number of amides is 1. The van der Waals surface area contributed by atoms with Crippen molar-refractivity contribution in [3.05, 3.63) is 20.7 Å². The van der Waals surface area contributed by atoms with E-state index in [1.54, 1.807) is 12.3 Å². The summed E-state index contributed by atoms with van der Waals surface area (Å²) in [7, 11) is 3.69. The van der Waals surface area contributed by atoms with Crippen molar-refractivity contribution in [1.82, 2.24) is 14.4 Å². The van der Waals surface area contributed by atoms with Gasteiger partial charge in [0.15, 0.2) is 0 Å². The third kappa shape index (κ3) is 4.78. The maximum atomic E-state index is 12.2. The molecule has 20 heavy (non-hydrogen) atoms. The second kappa shape index (κ2) is 7.20. The van der Waals surface area contributed by atoms with Crippen molar-refractivity contribution in [2.45, 2.75) is 13.5 Å². The van der Waals surface area contributed by atoms with Gasteiger partial charge in [0.1, 0.15) is 13.1 Å². The fourth-order valence-electron chi connectivity index (χ4n) is 1.61. The van der Waals surface area contributed by atoms with E-state index in [1.165, 1.54) is 9.47 Å². The average molecular weight is 301 g/mol. The molecule has 0 unspecified atom stereocenters. The van der Waals surface area contributed by atoms with Gasteiger partial charge in [-0.15, -0.1) is 0 Å². The fraction of sp³-hybridized carbons (Fsp3) is 0.583. The van der Waals surface area contributed by atoms with Crippen molar-refractivity contribution < 1.29 is 14.7 Å². The quantitative estimate of drug-likeness (QED) is 0.747. The van der Waals surface area contributed by atoms with Crippen LogP contribution < -0.4 is 4.87 Å². The lowest BCUT2D eigenvalue weighted by molar-refractivity contribution is -0.144. The summed E-state index contributed by atoms with van der Waals surface area (Å²) in [4.78, 5) is 37.5. The molecule has 0 aliphatic carbocycles. The molecule has 8 heteroatoms. The van der Waals surface area contributed by atoms with Crippen molar-refractivity contribution in [2.75, 3.05) is 33.7 Å². The number of thiazole rings is 1. The molecule has 1 aromatic rings. The minimum Gasteiger partial charge on any atom is -0.480 e. The minimum absolute atomic E-state index is 0.116. The zero-order valence-corrected chi connectivity index (χ0v) is 12.6. The molecule has 0 aliphatic rings. The number of carboxylic acids is 1. The van der Waals surface area contributed by atoms with Crippen LogP contribution in [0.15, 0.2) is 10.2 Å². The van der Waals surface area contributed by atoms with Gasteiger partial charge >= 0.3 is 10.8 Å². The fourth-order valence-corrected chi connectivity index (χ4v) is 2.34. The first-order valence-corrected chi connectivity index (χ1v) is 6.98. The number of aliphatic carboxylic acids is 1. The maximum Gasteiger partial charge on any atom is 0.323 e. The van der Waals surface area contributed by atoms with E-state index in [1.807, 2.05) is 19.0 Å². The van der Waals surface area contributed by atoms with Crippen LogP contribution in [0.4, 0.5) is 0 Å². The van der Waals surface area contributed by atoms with E-state index < -0.39 is 5.97 Å². The summed E-state index contributed by atoms with van der Waals surface area (Å²) < 4.78 is 1.36. The summed E-state index contributed by atoms with van der Waals surface area (Å²) in [5.41, 5.74) is 0.705. The molecular weight excluding hydrogens is 282 g/mol. The van der Waals surface area contributed by atoms with Gasteiger partial charge in [0, 0.05) is 24.2 Å². The average Bonchev–Trinajstić information content (AvgIpc) is 2.65. The smallest absolute Gasteiger partial charge is 0.323 e. The molecule has 0 aliphatic heterocycles. The van der Waals surface area contributed by atoms with Crippen molar-refractivity contribution in [2.24, 2.45) is 0 Å². The highest BCUT2D eigenvalue weighted by Gasteiger charge is 2.18. The number of aromatic nitrogens is 1. The van der Waals surface area contributed by atoms with Crippen molar-refractivity contribution in [1.29, 1.82) is 0 Å². The molecule has 1 rings (SSSR count). The molecular formula is C12H19N3O4S. The van der Waals surface area contributed by atoms with E-state index in [4.69, 9.17) is 5.11 Å². The molecule has 0 saturated carbocycles. The molecule has 7 nitrogen and oxygen atoms in total. The molecule has 0 atom stereocenters. The summed E-state index contributed by atoms with van der Waals surface area (Å²) in [5.74, 6) is -1.43. The van der Waals surface area contributed by atoms with Gasteiger partial charge in [0.2, 0.25) is 5.91 Å². The number of aryl methyl sites for hydroxylation is 1. The Bertz CT molecular complexity index is 535. The number of likely N-dealkylation sites (N-methyl/N-ethyl adjacent to an activating group) is 1. The van der Waals surface area contributed by atoms with Crippen LogP contribution in [-0.2, 0) is 16.1 Å². The van der Waals surface area contributed by atoms with Crippen molar-refractivity contribution in [3.63, 3.8) is 0 Å². The molecule has 0 saturated heterocycles. The number of nitrogens with zero attached hydrogens (tertiary/aromatic N) is 3. The molecule has 1 amide bonds. The normalized spacial score (nSPS) is 10.8. The first-order chi connectivity index (χ1) is 9.31. The number of carbonyl (C=O) groups excluding carboxylic acids is 1. The number of hydrogen-bond acceptors (Lipinski definition) is 5. The lowest BCUT2D eigenvalue weighted by Gasteiger charge is -2.23. The Morgan fingerprint density at radius 1 is 1.35 bits per heavy atom. The summed E-state index contributed by atoms with van der Waals surface area (Å²) in [6.07, 6.45) is 0. The van der Waals surface area contributed by atoms with Gasteiger partial charge in [-0.05, 0) is 21.0 Å². The molecule has 0 spiro atoms. The van der Waals surface area contributed by atoms with Crippen LogP contribution in [0.5, 0.6) is 0 Å². The van der Waals surface area contributed by atoms with E-state index in [-0.39, 0.29) is 23.9 Å². The van der Waals surface area contributed by atoms with Gasteiger partial charge < -0.3 is 14.9 Å². The first-order valence-electron chi connectivity index (χ1n) is 6.10. The van der Waals surface area contributed by atoms with E-state index in [9.17, 15) is 14.4 Å². The molecule has 0 aromatic carbocycles. The third-order valence-corrected chi connectivity index (χ3v) is 3.65. The topological polar surface area (TPSA) is 82.9 Å². The number of rotatable bonds is 7. The summed E-state index contributed by atoms with van der Waals surface area (Å²) >= 11 is 1.03. The maximum absolute atomic E-state index is 12.2. The van der Waals surface area contributed by atoms with E-state index in [0.717, 1.165) is 11.3 Å². The van der Waals surface area contributed by atoms with Gasteiger partial charge in [0.05, 0.1) is 0 Å². The Labute approximate surface area is 121 Å². The number of hydrogen-bond donors (Lipinski definition) is 1. The predicted molar refractivity (Wildman–Crippen MR) is 76.1 cm³/mol. The van der Waals surface area contributed by atoms with Crippen molar-refractivity contribution in [3.8, 4) is 0 Å². The Kier molecular flexibility index (Phi) is 5.90. The lowest BCUT2D eigenvalue weighted by atomic mass is 10.4. The molecule has 1 heterocycles. The largest absolute Gasteiger partial charge is 0.480 e. The number of carbonyl (C=O) groups is 2. The first kappa shape index (κ1) is 16.4. The van der Waals surface area contributed by atoms with E-state index in [2.05, 4.69) is 0 Å². The molecule has 0 fully saturated rings. The van der Waals surface area contributed by atoms with Gasteiger partial charge in [-0.1, -0.05) is 11.3 Å². The lowest BCUT2D eigenvalue weighted by Crippen LogP contribution is -2.42. The van der Waals surface area contributed by atoms with Gasteiger partial charge in [0.25, 0.3) is 0 Å². The Balaban J connectivity index is 2.77. The van der Waals surface area contributed by atoms with Crippen LogP contribution in [-0.4, -0.2) is 65.1 Å². The molecule has 1 N–H and O–H groups in total. The molecule has 1 aromatic heterocycles. The highest BCUT2D eigenvalue weighted by atomic mass is 32.1. The Hall–Kier alpha value is -1.67. The van der Waals surface area contributed by atoms with Crippen LogP contribution in [0, 0.1) is 6.92 Å². The highest BCUT2D eigenvalue weighted by Crippen LogP contribution is 2.01. The zero-order valence-electron chi connectivity index (χ0n) is 11.8. The SMILES string of the molecule is Cc1csc(=O)n1CC(=O)N(CCN(C)C)CC(=O)O. The van der Waals surface area contributed by atoms with Crippen LogP contribution >= 0.6 is 11.3 Å². The zero-order chi connectivity index (χ0) is 15.3. The highest BCUT2D eigenvalue weighted by molar-refractivity contribution is 7.07. The standard InChI is InChI=1S/C12H19N3O4S/c1-9-8-20-12(19)15(9)6-10(16)14(7-11(17)18)5-4-13(2)3/h8H,4-7H2,1-3H3,(H,17,18). The van der Waals surface area contributed by atoms with Gasteiger partial charge in [-0.3, -0.25) is 19.0 Å². The van der Waals surface area contributed by atoms with Crippen LogP contribution in [0.25, 0.3) is 0 Å². The van der Waals surface area contributed by atoms with E-state index in [0.29, 0.717) is 18.8 Å². The van der Waals surface area contributed by atoms with Crippen LogP contribution in [0.2, 0.25) is 0 Å². The second-order valence-electron chi connectivity index (χ2n) is 4.74. The van der Waals surface area contributed by atoms with Gasteiger partial charge in [-0.25, -0.2) is 0 Å². The van der Waals surface area contributed by atoms with Gasteiger partial charge in [-0.2, -0.15) is 0 Å².